The maximum Gasteiger partial charge on any atom is 0.270 e. The van der Waals surface area contributed by atoms with Crippen molar-refractivity contribution in [2.45, 2.75) is 71.1 Å². The number of aromatic nitrogens is 1. The molecule has 0 aliphatic heterocycles. The van der Waals surface area contributed by atoms with E-state index < -0.39 is 4.92 Å². The quantitative estimate of drug-likeness (QED) is 0.257. The lowest BCUT2D eigenvalue weighted by molar-refractivity contribution is -0.384. The molecule has 1 aromatic heterocycles. The van der Waals surface area contributed by atoms with Crippen molar-refractivity contribution in [1.29, 1.82) is 0 Å². The van der Waals surface area contributed by atoms with Crippen molar-refractivity contribution in [3.05, 3.63) is 99.9 Å². The van der Waals surface area contributed by atoms with Crippen LogP contribution < -0.4 is 0 Å². The zero-order valence-electron chi connectivity index (χ0n) is 22.2. The van der Waals surface area contributed by atoms with Crippen molar-refractivity contribution in [2.75, 3.05) is 6.54 Å². The fraction of sp³-hybridized carbons (Fsp3) is 0.400. The molecule has 4 rings (SSSR count). The Kier molecular flexibility index (Phi) is 8.94. The van der Waals surface area contributed by atoms with E-state index in [2.05, 4.69) is 16.7 Å². The van der Waals surface area contributed by atoms with Crippen LogP contribution in [0.4, 0.5) is 5.69 Å². The molecule has 1 aliphatic carbocycles. The molecule has 8 nitrogen and oxygen atoms in total. The first-order valence-corrected chi connectivity index (χ1v) is 13.4. The van der Waals surface area contributed by atoms with Gasteiger partial charge in [0.2, 0.25) is 5.91 Å². The zero-order valence-corrected chi connectivity index (χ0v) is 22.2. The lowest BCUT2D eigenvalue weighted by Crippen LogP contribution is -2.49. The second-order valence-electron chi connectivity index (χ2n) is 10.3. The molecule has 38 heavy (non-hydrogen) atoms. The minimum absolute atomic E-state index is 0.0518. The standard InChI is InChI=1S/C30H36N4O4/c1-23(2)32(21-28-17-10-18-31(28)20-24-11-5-3-6-12-24)29(35)22-33(26-14-7-4-8-15-26)30(36)25-13-9-16-27(19-25)34(37)38/h3,5-6,9-13,16-19,23,26H,4,7-8,14-15,20-22H2,1-2H3. The van der Waals surface area contributed by atoms with E-state index in [1.807, 2.05) is 55.3 Å². The van der Waals surface area contributed by atoms with Crippen LogP contribution in [0.3, 0.4) is 0 Å². The molecular weight excluding hydrogens is 480 g/mol. The normalized spacial score (nSPS) is 13.9. The second kappa shape index (κ2) is 12.5. The smallest absolute Gasteiger partial charge is 0.270 e. The van der Waals surface area contributed by atoms with E-state index in [4.69, 9.17) is 0 Å². The molecule has 3 aromatic rings. The summed E-state index contributed by atoms with van der Waals surface area (Å²) in [4.78, 5) is 41.7. The molecule has 2 aromatic carbocycles. The predicted molar refractivity (Wildman–Crippen MR) is 147 cm³/mol. The summed E-state index contributed by atoms with van der Waals surface area (Å²) < 4.78 is 2.14. The topological polar surface area (TPSA) is 88.7 Å². The van der Waals surface area contributed by atoms with E-state index in [1.165, 1.54) is 23.8 Å². The molecule has 1 aliphatic rings. The van der Waals surface area contributed by atoms with Crippen LogP contribution in [0.5, 0.6) is 0 Å². The van der Waals surface area contributed by atoms with Gasteiger partial charge in [0, 0.05) is 48.2 Å². The fourth-order valence-corrected chi connectivity index (χ4v) is 5.17. The fourth-order valence-electron chi connectivity index (χ4n) is 5.17. The Labute approximate surface area is 224 Å². The van der Waals surface area contributed by atoms with Crippen molar-refractivity contribution in [1.82, 2.24) is 14.4 Å². The van der Waals surface area contributed by atoms with Gasteiger partial charge in [-0.1, -0.05) is 55.7 Å². The minimum atomic E-state index is -0.502. The number of benzene rings is 2. The van der Waals surface area contributed by atoms with Crippen LogP contribution in [0.1, 0.15) is 67.6 Å². The number of nitro benzene ring substituents is 1. The summed E-state index contributed by atoms with van der Waals surface area (Å²) in [6.45, 7) is 5.05. The average Bonchev–Trinajstić information content (AvgIpc) is 3.37. The predicted octanol–water partition coefficient (Wildman–Crippen LogP) is 5.66. The molecule has 0 N–H and O–H groups in total. The number of nitro groups is 1. The highest BCUT2D eigenvalue weighted by Crippen LogP contribution is 2.26. The lowest BCUT2D eigenvalue weighted by Gasteiger charge is -2.36. The van der Waals surface area contributed by atoms with Crippen molar-refractivity contribution in [2.24, 2.45) is 0 Å². The van der Waals surface area contributed by atoms with Gasteiger partial charge in [0.1, 0.15) is 6.54 Å². The van der Waals surface area contributed by atoms with Gasteiger partial charge >= 0.3 is 0 Å². The van der Waals surface area contributed by atoms with Gasteiger partial charge in [-0.3, -0.25) is 19.7 Å². The van der Waals surface area contributed by atoms with E-state index in [-0.39, 0.29) is 41.7 Å². The third-order valence-corrected chi connectivity index (χ3v) is 7.28. The zero-order chi connectivity index (χ0) is 27.1. The average molecular weight is 517 g/mol. The number of hydrogen-bond donors (Lipinski definition) is 0. The Balaban J connectivity index is 1.55. The van der Waals surface area contributed by atoms with Gasteiger partial charge in [0.15, 0.2) is 0 Å². The Morgan fingerprint density at radius 3 is 2.42 bits per heavy atom. The van der Waals surface area contributed by atoms with Gasteiger partial charge in [0.25, 0.3) is 11.6 Å². The molecule has 1 fully saturated rings. The van der Waals surface area contributed by atoms with E-state index in [0.717, 1.165) is 37.8 Å². The highest BCUT2D eigenvalue weighted by Gasteiger charge is 2.31. The van der Waals surface area contributed by atoms with Crippen molar-refractivity contribution >= 4 is 17.5 Å². The molecule has 0 bridgehead atoms. The van der Waals surface area contributed by atoms with Crippen LogP contribution in [0.15, 0.2) is 72.9 Å². The van der Waals surface area contributed by atoms with E-state index in [0.29, 0.717) is 13.1 Å². The van der Waals surface area contributed by atoms with Gasteiger partial charge in [-0.25, -0.2) is 0 Å². The first-order valence-electron chi connectivity index (χ1n) is 13.4. The number of carbonyl (C=O) groups excluding carboxylic acids is 2. The first-order chi connectivity index (χ1) is 18.3. The third kappa shape index (κ3) is 6.68. The van der Waals surface area contributed by atoms with Crippen LogP contribution >= 0.6 is 0 Å². The number of nitrogens with zero attached hydrogens (tertiary/aromatic N) is 4. The lowest BCUT2D eigenvalue weighted by atomic mass is 9.93. The summed E-state index contributed by atoms with van der Waals surface area (Å²) in [7, 11) is 0. The monoisotopic (exact) mass is 516 g/mol. The summed E-state index contributed by atoms with van der Waals surface area (Å²) >= 11 is 0. The van der Waals surface area contributed by atoms with Crippen LogP contribution in [0.25, 0.3) is 0 Å². The molecule has 0 atom stereocenters. The van der Waals surface area contributed by atoms with Gasteiger partial charge < -0.3 is 14.4 Å². The molecule has 2 amide bonds. The largest absolute Gasteiger partial charge is 0.345 e. The molecule has 0 saturated heterocycles. The summed E-state index contributed by atoms with van der Waals surface area (Å²) in [5, 5.41) is 11.3. The Hall–Kier alpha value is -3.94. The minimum Gasteiger partial charge on any atom is -0.345 e. The molecule has 0 unspecified atom stereocenters. The van der Waals surface area contributed by atoms with Crippen LogP contribution in [-0.2, 0) is 17.9 Å². The number of hydrogen-bond acceptors (Lipinski definition) is 4. The summed E-state index contributed by atoms with van der Waals surface area (Å²) in [6, 6.07) is 19.9. The third-order valence-electron chi connectivity index (χ3n) is 7.28. The van der Waals surface area contributed by atoms with Crippen LogP contribution in [-0.4, -0.2) is 49.7 Å². The highest BCUT2D eigenvalue weighted by molar-refractivity contribution is 5.97. The van der Waals surface area contributed by atoms with Crippen LogP contribution in [0.2, 0.25) is 0 Å². The molecule has 8 heteroatoms. The van der Waals surface area contributed by atoms with Crippen LogP contribution in [0, 0.1) is 10.1 Å². The number of carbonyl (C=O) groups is 2. The maximum atomic E-state index is 13.8. The number of non-ortho nitro benzene ring substituents is 1. The Morgan fingerprint density at radius 2 is 1.74 bits per heavy atom. The molecular formula is C30H36N4O4. The van der Waals surface area contributed by atoms with Crippen molar-refractivity contribution < 1.29 is 14.5 Å². The van der Waals surface area contributed by atoms with Gasteiger partial charge in [-0.2, -0.15) is 0 Å². The molecule has 200 valence electrons. The molecule has 1 heterocycles. The van der Waals surface area contributed by atoms with E-state index in [1.54, 1.807) is 11.0 Å². The summed E-state index contributed by atoms with van der Waals surface area (Å²) in [5.41, 5.74) is 2.31. The Morgan fingerprint density at radius 1 is 1.00 bits per heavy atom. The summed E-state index contributed by atoms with van der Waals surface area (Å²) in [6.07, 6.45) is 6.79. The van der Waals surface area contributed by atoms with E-state index in [9.17, 15) is 19.7 Å². The first kappa shape index (κ1) is 27.1. The maximum absolute atomic E-state index is 13.8. The van der Waals surface area contributed by atoms with Gasteiger partial charge in [0.05, 0.1) is 11.5 Å². The van der Waals surface area contributed by atoms with E-state index >= 15 is 0 Å². The van der Waals surface area contributed by atoms with Crippen molar-refractivity contribution in [3.8, 4) is 0 Å². The van der Waals surface area contributed by atoms with Gasteiger partial charge in [-0.05, 0) is 50.5 Å². The molecule has 1 saturated carbocycles. The van der Waals surface area contributed by atoms with Crippen molar-refractivity contribution in [3.63, 3.8) is 0 Å². The highest BCUT2D eigenvalue weighted by atomic mass is 16.6. The Bertz CT molecular complexity index is 1250. The SMILES string of the molecule is CC(C)N(Cc1cccn1Cc1ccccc1)C(=O)CN(C(=O)c1cccc([N+](=O)[O-])c1)C1CCCCC1. The number of rotatable bonds is 10. The number of amides is 2. The molecule has 0 spiro atoms. The summed E-state index contributed by atoms with van der Waals surface area (Å²) in [5.74, 6) is -0.457. The van der Waals surface area contributed by atoms with Gasteiger partial charge in [-0.15, -0.1) is 0 Å². The molecule has 0 radical (unpaired) electrons. The second-order valence-corrected chi connectivity index (χ2v) is 10.3.